The van der Waals surface area contributed by atoms with Gasteiger partial charge in [-0.1, -0.05) is 12.1 Å². The number of hydrogen-bond donors (Lipinski definition) is 1. The van der Waals surface area contributed by atoms with E-state index in [4.69, 9.17) is 11.6 Å². The molecule has 1 N–H and O–H groups in total. The molecule has 100 valence electrons. The van der Waals surface area contributed by atoms with Crippen LogP contribution in [-0.4, -0.2) is 35.2 Å². The molecule has 1 aromatic rings. The van der Waals surface area contributed by atoms with Gasteiger partial charge in [-0.05, 0) is 49.2 Å². The van der Waals surface area contributed by atoms with Crippen LogP contribution < -0.4 is 5.32 Å². The van der Waals surface area contributed by atoms with Gasteiger partial charge in [0.1, 0.15) is 0 Å². The maximum absolute atomic E-state index is 12.5. The molecule has 0 atom stereocenters. The highest BCUT2D eigenvalue weighted by molar-refractivity contribution is 6.68. The van der Waals surface area contributed by atoms with Crippen molar-refractivity contribution in [2.75, 3.05) is 13.1 Å². The molecule has 2 aliphatic heterocycles. The summed E-state index contributed by atoms with van der Waals surface area (Å²) in [4.78, 5) is 25.8. The molecule has 0 unspecified atom stereocenters. The molecular formula is C14H15ClN2O2. The number of rotatable bonds is 2. The van der Waals surface area contributed by atoms with E-state index in [1.807, 2.05) is 11.0 Å². The number of fused-ring (bicyclic) bond motifs is 1. The van der Waals surface area contributed by atoms with Gasteiger partial charge in [-0.25, -0.2) is 0 Å². The van der Waals surface area contributed by atoms with Gasteiger partial charge in [0.2, 0.25) is 0 Å². The summed E-state index contributed by atoms with van der Waals surface area (Å²) < 4.78 is 0. The fraction of sp³-hybridized carbons (Fsp3) is 0.429. The van der Waals surface area contributed by atoms with Crippen molar-refractivity contribution >= 4 is 22.8 Å². The number of amides is 1. The van der Waals surface area contributed by atoms with Crippen LogP contribution in [0.25, 0.3) is 0 Å². The van der Waals surface area contributed by atoms with Gasteiger partial charge in [-0.15, -0.1) is 0 Å². The normalized spacial score (nSPS) is 19.6. The molecular weight excluding hydrogens is 264 g/mol. The minimum atomic E-state index is -0.558. The summed E-state index contributed by atoms with van der Waals surface area (Å²) in [6, 6.07) is 5.57. The zero-order chi connectivity index (χ0) is 13.4. The molecule has 3 rings (SSSR count). The van der Waals surface area contributed by atoms with Crippen LogP contribution in [0.5, 0.6) is 0 Å². The van der Waals surface area contributed by atoms with Gasteiger partial charge in [-0.3, -0.25) is 9.59 Å². The Bertz CT molecular complexity index is 538. The molecule has 19 heavy (non-hydrogen) atoms. The van der Waals surface area contributed by atoms with Crippen LogP contribution in [0, 0.1) is 0 Å². The molecule has 0 aliphatic carbocycles. The zero-order valence-corrected chi connectivity index (χ0v) is 11.2. The number of nitrogens with zero attached hydrogens (tertiary/aromatic N) is 1. The Morgan fingerprint density at radius 1 is 1.32 bits per heavy atom. The molecule has 0 saturated carbocycles. The number of carbonyl (C=O) groups excluding carboxylic acids is 2. The van der Waals surface area contributed by atoms with Gasteiger partial charge in [0.25, 0.3) is 11.1 Å². The number of benzene rings is 1. The predicted molar refractivity (Wildman–Crippen MR) is 72.4 cm³/mol. The number of halogens is 1. The third kappa shape index (κ3) is 2.15. The lowest BCUT2D eigenvalue weighted by Gasteiger charge is -2.31. The highest BCUT2D eigenvalue weighted by Gasteiger charge is 2.35. The van der Waals surface area contributed by atoms with E-state index in [9.17, 15) is 9.59 Å². The third-order valence-electron chi connectivity index (χ3n) is 3.93. The second kappa shape index (κ2) is 4.94. The Morgan fingerprint density at radius 2 is 2.05 bits per heavy atom. The monoisotopic (exact) mass is 278 g/mol. The van der Waals surface area contributed by atoms with E-state index in [-0.39, 0.29) is 11.9 Å². The summed E-state index contributed by atoms with van der Waals surface area (Å²) in [6.07, 6.45) is 1.92. The van der Waals surface area contributed by atoms with Crippen molar-refractivity contribution in [2.24, 2.45) is 0 Å². The number of hydrogen-bond acceptors (Lipinski definition) is 3. The lowest BCUT2D eigenvalue weighted by molar-refractivity contribution is 0.0666. The molecule has 0 bridgehead atoms. The Hall–Kier alpha value is -1.39. The van der Waals surface area contributed by atoms with Crippen molar-refractivity contribution < 1.29 is 9.59 Å². The first-order valence-electron chi connectivity index (χ1n) is 6.52. The quantitative estimate of drug-likeness (QED) is 0.839. The number of nitrogens with one attached hydrogen (secondary N) is 1. The molecule has 0 aromatic heterocycles. The van der Waals surface area contributed by atoms with Crippen molar-refractivity contribution in [3.63, 3.8) is 0 Å². The van der Waals surface area contributed by atoms with Crippen molar-refractivity contribution in [3.8, 4) is 0 Å². The number of piperidine rings is 1. The molecule has 1 aromatic carbocycles. The minimum Gasteiger partial charge on any atom is -0.331 e. The summed E-state index contributed by atoms with van der Waals surface area (Å²) in [5.74, 6) is -0.0495. The maximum atomic E-state index is 12.5. The Morgan fingerprint density at radius 3 is 2.74 bits per heavy atom. The van der Waals surface area contributed by atoms with Crippen LogP contribution in [-0.2, 0) is 6.54 Å². The van der Waals surface area contributed by atoms with Crippen LogP contribution in [0.3, 0.4) is 0 Å². The first kappa shape index (κ1) is 12.6. The van der Waals surface area contributed by atoms with E-state index in [2.05, 4.69) is 5.32 Å². The smallest absolute Gasteiger partial charge is 0.255 e. The molecule has 2 heterocycles. The van der Waals surface area contributed by atoms with Crippen molar-refractivity contribution in [2.45, 2.75) is 25.4 Å². The van der Waals surface area contributed by atoms with E-state index in [0.717, 1.165) is 31.5 Å². The fourth-order valence-corrected chi connectivity index (χ4v) is 3.12. The Kier molecular flexibility index (Phi) is 3.29. The second-order valence-corrected chi connectivity index (χ2v) is 5.37. The number of carbonyl (C=O) groups is 2. The highest BCUT2D eigenvalue weighted by Crippen LogP contribution is 2.30. The van der Waals surface area contributed by atoms with Gasteiger partial charge < -0.3 is 10.2 Å². The SMILES string of the molecule is O=C(Cl)c1cccc2c1C(=O)N(C1CCNCC1)C2. The molecule has 5 heteroatoms. The van der Waals surface area contributed by atoms with E-state index in [1.165, 1.54) is 0 Å². The largest absolute Gasteiger partial charge is 0.331 e. The predicted octanol–water partition coefficient (Wildman–Crippen LogP) is 1.77. The van der Waals surface area contributed by atoms with Gasteiger partial charge in [-0.2, -0.15) is 0 Å². The molecule has 0 radical (unpaired) electrons. The molecule has 2 aliphatic rings. The van der Waals surface area contributed by atoms with Crippen LogP contribution in [0.1, 0.15) is 39.1 Å². The van der Waals surface area contributed by atoms with Crippen molar-refractivity contribution in [1.29, 1.82) is 0 Å². The molecule has 4 nitrogen and oxygen atoms in total. The van der Waals surface area contributed by atoms with Crippen LogP contribution >= 0.6 is 11.6 Å². The summed E-state index contributed by atoms with van der Waals surface area (Å²) in [5, 5.41) is 2.73. The Labute approximate surface area is 116 Å². The maximum Gasteiger partial charge on any atom is 0.255 e. The van der Waals surface area contributed by atoms with E-state index in [0.29, 0.717) is 17.7 Å². The van der Waals surface area contributed by atoms with Crippen LogP contribution in [0.2, 0.25) is 0 Å². The van der Waals surface area contributed by atoms with Crippen LogP contribution in [0.4, 0.5) is 0 Å². The van der Waals surface area contributed by atoms with E-state index < -0.39 is 5.24 Å². The van der Waals surface area contributed by atoms with Crippen LogP contribution in [0.15, 0.2) is 18.2 Å². The molecule has 1 saturated heterocycles. The van der Waals surface area contributed by atoms with Gasteiger partial charge >= 0.3 is 0 Å². The molecule has 0 spiro atoms. The summed E-state index contributed by atoms with van der Waals surface area (Å²) in [7, 11) is 0. The summed E-state index contributed by atoms with van der Waals surface area (Å²) in [6.45, 7) is 2.47. The fourth-order valence-electron chi connectivity index (χ4n) is 2.96. The van der Waals surface area contributed by atoms with E-state index in [1.54, 1.807) is 12.1 Å². The molecule has 1 fully saturated rings. The summed E-state index contributed by atoms with van der Waals surface area (Å²) in [5.41, 5.74) is 1.75. The van der Waals surface area contributed by atoms with Gasteiger partial charge in [0, 0.05) is 18.2 Å². The van der Waals surface area contributed by atoms with E-state index >= 15 is 0 Å². The second-order valence-electron chi connectivity index (χ2n) is 5.03. The lowest BCUT2D eigenvalue weighted by atomic mass is 10.0. The highest BCUT2D eigenvalue weighted by atomic mass is 35.5. The van der Waals surface area contributed by atoms with Gasteiger partial charge in [0.15, 0.2) is 0 Å². The first-order valence-corrected chi connectivity index (χ1v) is 6.89. The van der Waals surface area contributed by atoms with Gasteiger partial charge in [0.05, 0.1) is 5.56 Å². The topological polar surface area (TPSA) is 49.4 Å². The molecule has 1 amide bonds. The zero-order valence-electron chi connectivity index (χ0n) is 10.5. The Balaban J connectivity index is 1.93. The average molecular weight is 279 g/mol. The lowest BCUT2D eigenvalue weighted by Crippen LogP contribution is -2.43. The third-order valence-corrected chi connectivity index (χ3v) is 4.13. The van der Waals surface area contributed by atoms with Crippen molar-refractivity contribution in [1.82, 2.24) is 10.2 Å². The minimum absolute atomic E-state index is 0.0495. The first-order chi connectivity index (χ1) is 9.18. The average Bonchev–Trinajstić information content (AvgIpc) is 2.77. The summed E-state index contributed by atoms with van der Waals surface area (Å²) >= 11 is 5.57. The standard InChI is InChI=1S/C14H15ClN2O2/c15-13(18)11-3-1-2-9-8-17(14(19)12(9)11)10-4-6-16-7-5-10/h1-3,10,16H,4-8H2. The van der Waals surface area contributed by atoms with Crippen molar-refractivity contribution in [3.05, 3.63) is 34.9 Å².